The van der Waals surface area contributed by atoms with Gasteiger partial charge in [-0.15, -0.1) is 0 Å². The first-order valence-electron chi connectivity index (χ1n) is 7.62. The average molecular weight is 339 g/mol. The number of amides is 4. The molecule has 1 aliphatic heterocycles. The van der Waals surface area contributed by atoms with Crippen LogP contribution in [0.5, 0.6) is 0 Å². The second kappa shape index (κ2) is 6.27. The first-order valence-corrected chi connectivity index (χ1v) is 7.62. The summed E-state index contributed by atoms with van der Waals surface area (Å²) in [7, 11) is 3.62. The van der Waals surface area contributed by atoms with Gasteiger partial charge in [-0.25, -0.2) is 9.69 Å². The molecule has 0 atom stereocenters. The average Bonchev–Trinajstić information content (AvgIpc) is 3.02. The standard InChI is InChI=1S/C18H17N3O4/c1-11-6-4-5-7-14(11)21-17(23)13(16(22)19-18(21)24)10-12-8-9-15(25-12)20(2)3/h4-10H,1-3H3,(H,19,22,24)/b13-10+. The van der Waals surface area contributed by atoms with Crippen molar-refractivity contribution in [2.45, 2.75) is 6.92 Å². The molecule has 1 aromatic heterocycles. The van der Waals surface area contributed by atoms with Crippen LogP contribution in [0.2, 0.25) is 0 Å². The van der Waals surface area contributed by atoms with Crippen molar-refractivity contribution < 1.29 is 18.8 Å². The van der Waals surface area contributed by atoms with Gasteiger partial charge < -0.3 is 9.32 Å². The molecular weight excluding hydrogens is 322 g/mol. The largest absolute Gasteiger partial charge is 0.441 e. The van der Waals surface area contributed by atoms with Crippen LogP contribution in [0.15, 0.2) is 46.4 Å². The van der Waals surface area contributed by atoms with Crippen LogP contribution in [0.4, 0.5) is 16.4 Å². The van der Waals surface area contributed by atoms with Gasteiger partial charge >= 0.3 is 6.03 Å². The van der Waals surface area contributed by atoms with Gasteiger partial charge in [0, 0.05) is 20.2 Å². The van der Waals surface area contributed by atoms with Crippen molar-refractivity contribution in [3.8, 4) is 0 Å². The lowest BCUT2D eigenvalue weighted by Gasteiger charge is -2.27. The summed E-state index contributed by atoms with van der Waals surface area (Å²) in [5.41, 5.74) is 1.01. The summed E-state index contributed by atoms with van der Waals surface area (Å²) in [5, 5.41) is 2.19. The Morgan fingerprint density at radius 3 is 2.44 bits per heavy atom. The molecule has 7 nitrogen and oxygen atoms in total. The summed E-state index contributed by atoms with van der Waals surface area (Å²) < 4.78 is 5.55. The van der Waals surface area contributed by atoms with Crippen LogP contribution in [0.25, 0.3) is 6.08 Å². The maximum atomic E-state index is 12.8. The van der Waals surface area contributed by atoms with Crippen LogP contribution in [0, 0.1) is 6.92 Å². The van der Waals surface area contributed by atoms with Gasteiger partial charge in [-0.05, 0) is 30.7 Å². The number of urea groups is 1. The number of rotatable bonds is 3. The number of nitrogens with zero attached hydrogens (tertiary/aromatic N) is 2. The number of hydrogen-bond donors (Lipinski definition) is 1. The highest BCUT2D eigenvalue weighted by Gasteiger charge is 2.37. The van der Waals surface area contributed by atoms with Gasteiger partial charge in [0.15, 0.2) is 5.88 Å². The van der Waals surface area contributed by atoms with Crippen LogP contribution in [-0.4, -0.2) is 31.9 Å². The van der Waals surface area contributed by atoms with Crippen LogP contribution in [0.3, 0.4) is 0 Å². The third-order valence-electron chi connectivity index (χ3n) is 3.80. The predicted molar refractivity (Wildman–Crippen MR) is 93.2 cm³/mol. The highest BCUT2D eigenvalue weighted by molar-refractivity contribution is 6.39. The highest BCUT2D eigenvalue weighted by atomic mass is 16.4. The van der Waals surface area contributed by atoms with E-state index in [0.29, 0.717) is 17.3 Å². The summed E-state index contributed by atoms with van der Waals surface area (Å²) in [4.78, 5) is 39.8. The number of para-hydroxylation sites is 1. The van der Waals surface area contributed by atoms with Crippen molar-refractivity contribution in [2.24, 2.45) is 0 Å². The molecule has 7 heteroatoms. The number of nitrogens with one attached hydrogen (secondary N) is 1. The first-order chi connectivity index (χ1) is 11.9. The number of barbiturate groups is 1. The number of carbonyl (C=O) groups is 3. The minimum Gasteiger partial charge on any atom is -0.441 e. The minimum atomic E-state index is -0.769. The third-order valence-corrected chi connectivity index (χ3v) is 3.80. The maximum absolute atomic E-state index is 12.8. The SMILES string of the molecule is Cc1ccccc1N1C(=O)NC(=O)/C(=C\c2ccc(N(C)C)o2)C1=O. The summed E-state index contributed by atoms with van der Waals surface area (Å²) >= 11 is 0. The van der Waals surface area contributed by atoms with Crippen molar-refractivity contribution in [3.05, 3.63) is 53.3 Å². The molecule has 0 saturated carbocycles. The molecule has 1 N–H and O–H groups in total. The number of imide groups is 2. The lowest BCUT2D eigenvalue weighted by atomic mass is 10.1. The number of aryl methyl sites for hydroxylation is 1. The zero-order valence-electron chi connectivity index (χ0n) is 14.1. The van der Waals surface area contributed by atoms with Gasteiger partial charge in [0.05, 0.1) is 5.69 Å². The predicted octanol–water partition coefficient (Wildman–Crippen LogP) is 2.32. The Balaban J connectivity index is 2.00. The quantitative estimate of drug-likeness (QED) is 0.685. The minimum absolute atomic E-state index is 0.164. The third kappa shape index (κ3) is 3.03. The fourth-order valence-corrected chi connectivity index (χ4v) is 2.49. The lowest BCUT2D eigenvalue weighted by Crippen LogP contribution is -2.54. The van der Waals surface area contributed by atoms with E-state index in [1.165, 1.54) is 6.08 Å². The van der Waals surface area contributed by atoms with Crippen molar-refractivity contribution in [1.82, 2.24) is 5.32 Å². The molecule has 25 heavy (non-hydrogen) atoms. The van der Waals surface area contributed by atoms with Crippen molar-refractivity contribution >= 4 is 35.5 Å². The summed E-state index contributed by atoms with van der Waals surface area (Å²) in [6.07, 6.45) is 1.34. The van der Waals surface area contributed by atoms with Crippen LogP contribution in [-0.2, 0) is 9.59 Å². The Bertz CT molecular complexity index is 895. The molecule has 2 aromatic rings. The van der Waals surface area contributed by atoms with Gasteiger partial charge in [-0.1, -0.05) is 18.2 Å². The van der Waals surface area contributed by atoms with E-state index >= 15 is 0 Å². The van der Waals surface area contributed by atoms with E-state index < -0.39 is 17.8 Å². The molecule has 1 aliphatic rings. The molecule has 0 unspecified atom stereocenters. The number of carbonyl (C=O) groups excluding carboxylic acids is 3. The fourth-order valence-electron chi connectivity index (χ4n) is 2.49. The Morgan fingerprint density at radius 1 is 1.08 bits per heavy atom. The van der Waals surface area contributed by atoms with E-state index in [1.807, 2.05) is 14.1 Å². The molecule has 1 saturated heterocycles. The molecule has 0 radical (unpaired) electrons. The van der Waals surface area contributed by atoms with Crippen molar-refractivity contribution in [1.29, 1.82) is 0 Å². The van der Waals surface area contributed by atoms with Gasteiger partial charge in [-0.2, -0.15) is 0 Å². The second-order valence-electron chi connectivity index (χ2n) is 5.81. The van der Waals surface area contributed by atoms with Gasteiger partial charge in [0.2, 0.25) is 0 Å². The summed E-state index contributed by atoms with van der Waals surface area (Å²) in [6.45, 7) is 1.78. The molecule has 128 valence electrons. The number of furan rings is 1. The molecule has 0 spiro atoms. The lowest BCUT2D eigenvalue weighted by molar-refractivity contribution is -0.122. The molecule has 1 fully saturated rings. The molecule has 1 aromatic carbocycles. The Morgan fingerprint density at radius 2 is 1.80 bits per heavy atom. The van der Waals surface area contributed by atoms with E-state index in [1.54, 1.807) is 48.2 Å². The Labute approximate surface area is 144 Å². The van der Waals surface area contributed by atoms with Gasteiger partial charge in [-0.3, -0.25) is 14.9 Å². The Hall–Kier alpha value is -3.35. The smallest absolute Gasteiger partial charge is 0.335 e. The second-order valence-corrected chi connectivity index (χ2v) is 5.81. The molecular formula is C18H17N3O4. The molecule has 0 aliphatic carbocycles. The van der Waals surface area contributed by atoms with E-state index in [9.17, 15) is 14.4 Å². The number of benzene rings is 1. The fraction of sp³-hybridized carbons (Fsp3) is 0.167. The summed E-state index contributed by atoms with van der Waals surface area (Å²) in [5.74, 6) is -0.503. The number of anilines is 2. The topological polar surface area (TPSA) is 82.9 Å². The van der Waals surface area contributed by atoms with E-state index in [0.717, 1.165) is 10.5 Å². The zero-order chi connectivity index (χ0) is 18.1. The highest BCUT2D eigenvalue weighted by Crippen LogP contribution is 2.25. The van der Waals surface area contributed by atoms with Crippen LogP contribution in [0.1, 0.15) is 11.3 Å². The Kier molecular flexibility index (Phi) is 4.14. The van der Waals surface area contributed by atoms with E-state index in [-0.39, 0.29) is 5.57 Å². The first kappa shape index (κ1) is 16.5. The van der Waals surface area contributed by atoms with Gasteiger partial charge in [0.25, 0.3) is 11.8 Å². The van der Waals surface area contributed by atoms with Gasteiger partial charge in [0.1, 0.15) is 11.3 Å². The van der Waals surface area contributed by atoms with E-state index in [4.69, 9.17) is 4.42 Å². The maximum Gasteiger partial charge on any atom is 0.335 e. The van der Waals surface area contributed by atoms with Crippen molar-refractivity contribution in [2.75, 3.05) is 23.9 Å². The molecule has 4 amide bonds. The number of hydrogen-bond acceptors (Lipinski definition) is 5. The van der Waals surface area contributed by atoms with E-state index in [2.05, 4.69) is 5.32 Å². The monoisotopic (exact) mass is 339 g/mol. The summed E-state index contributed by atoms with van der Waals surface area (Å²) in [6, 6.07) is 9.56. The molecule has 0 bridgehead atoms. The van der Waals surface area contributed by atoms with Crippen LogP contribution >= 0.6 is 0 Å². The molecule has 3 rings (SSSR count). The van der Waals surface area contributed by atoms with Crippen LogP contribution < -0.4 is 15.1 Å². The normalized spacial score (nSPS) is 16.4. The van der Waals surface area contributed by atoms with Crippen molar-refractivity contribution in [3.63, 3.8) is 0 Å². The zero-order valence-corrected chi connectivity index (χ0v) is 14.1. The molecule has 2 heterocycles.